The van der Waals surface area contributed by atoms with Crippen molar-refractivity contribution in [3.05, 3.63) is 29.8 Å². The van der Waals surface area contributed by atoms with Crippen LogP contribution >= 0.6 is 12.4 Å². The SMILES string of the molecule is CN(C)S(=O)(=O)c1ccccc1CNC(=O)CC1COCCN1.Cl. The van der Waals surface area contributed by atoms with Gasteiger partial charge in [0.1, 0.15) is 0 Å². The molecule has 1 saturated heterocycles. The van der Waals surface area contributed by atoms with Gasteiger partial charge < -0.3 is 15.4 Å². The number of hydrogen-bond acceptors (Lipinski definition) is 5. The molecule has 0 spiro atoms. The molecule has 1 heterocycles. The molecule has 9 heteroatoms. The van der Waals surface area contributed by atoms with Crippen molar-refractivity contribution < 1.29 is 17.9 Å². The number of hydrogen-bond donors (Lipinski definition) is 2. The molecule has 1 amide bonds. The summed E-state index contributed by atoms with van der Waals surface area (Å²) in [5.41, 5.74) is 0.572. The Morgan fingerprint density at radius 1 is 1.38 bits per heavy atom. The van der Waals surface area contributed by atoms with E-state index in [4.69, 9.17) is 4.74 Å². The summed E-state index contributed by atoms with van der Waals surface area (Å²) < 4.78 is 31.1. The second-order valence-corrected chi connectivity index (χ2v) is 7.72. The molecule has 24 heavy (non-hydrogen) atoms. The lowest BCUT2D eigenvalue weighted by Gasteiger charge is -2.23. The van der Waals surface area contributed by atoms with Gasteiger partial charge in [0, 0.05) is 39.6 Å². The maximum Gasteiger partial charge on any atom is 0.242 e. The van der Waals surface area contributed by atoms with Crippen LogP contribution in [0.25, 0.3) is 0 Å². The topological polar surface area (TPSA) is 87.7 Å². The molecule has 1 fully saturated rings. The predicted molar refractivity (Wildman–Crippen MR) is 93.6 cm³/mol. The molecular formula is C15H24ClN3O4S. The number of carbonyl (C=O) groups excluding carboxylic acids is 1. The van der Waals surface area contributed by atoms with Crippen molar-refractivity contribution in [1.82, 2.24) is 14.9 Å². The van der Waals surface area contributed by atoms with Gasteiger partial charge in [0.05, 0.1) is 18.1 Å². The van der Waals surface area contributed by atoms with Crippen LogP contribution in [-0.2, 0) is 26.1 Å². The van der Waals surface area contributed by atoms with Gasteiger partial charge >= 0.3 is 0 Å². The van der Waals surface area contributed by atoms with Gasteiger partial charge in [-0.2, -0.15) is 0 Å². The Morgan fingerprint density at radius 2 is 2.08 bits per heavy atom. The normalized spacial score (nSPS) is 18.0. The molecule has 0 aromatic heterocycles. The van der Waals surface area contributed by atoms with Crippen LogP contribution in [0.4, 0.5) is 0 Å². The van der Waals surface area contributed by atoms with Crippen molar-refractivity contribution in [3.63, 3.8) is 0 Å². The largest absolute Gasteiger partial charge is 0.378 e. The highest BCUT2D eigenvalue weighted by Gasteiger charge is 2.21. The van der Waals surface area contributed by atoms with Crippen molar-refractivity contribution in [2.24, 2.45) is 0 Å². The highest BCUT2D eigenvalue weighted by molar-refractivity contribution is 7.89. The molecule has 136 valence electrons. The molecule has 1 unspecified atom stereocenters. The third kappa shape index (κ3) is 5.42. The Labute approximate surface area is 149 Å². The maximum atomic E-state index is 12.3. The third-order valence-electron chi connectivity index (χ3n) is 3.64. The van der Waals surface area contributed by atoms with E-state index in [-0.39, 0.29) is 35.8 Å². The number of sulfonamides is 1. The molecule has 2 N–H and O–H groups in total. The molecule has 1 aromatic rings. The third-order valence-corrected chi connectivity index (χ3v) is 5.55. The molecule has 0 aliphatic carbocycles. The number of morpholine rings is 1. The van der Waals surface area contributed by atoms with Gasteiger partial charge in [0.2, 0.25) is 15.9 Å². The Hall–Kier alpha value is -1.19. The smallest absolute Gasteiger partial charge is 0.242 e. The van der Waals surface area contributed by atoms with E-state index < -0.39 is 10.0 Å². The zero-order valence-electron chi connectivity index (χ0n) is 13.8. The number of rotatable bonds is 6. The van der Waals surface area contributed by atoms with Crippen LogP contribution in [0, 0.1) is 0 Å². The van der Waals surface area contributed by atoms with Crippen molar-refractivity contribution in [2.75, 3.05) is 33.9 Å². The van der Waals surface area contributed by atoms with Crippen LogP contribution in [0.3, 0.4) is 0 Å². The highest BCUT2D eigenvalue weighted by Crippen LogP contribution is 2.18. The van der Waals surface area contributed by atoms with Gasteiger partial charge in [0.15, 0.2) is 0 Å². The first-order valence-corrected chi connectivity index (χ1v) is 8.93. The van der Waals surface area contributed by atoms with Crippen LogP contribution in [0.2, 0.25) is 0 Å². The van der Waals surface area contributed by atoms with Gasteiger partial charge in [-0.05, 0) is 11.6 Å². The first kappa shape index (κ1) is 20.9. The quantitative estimate of drug-likeness (QED) is 0.747. The zero-order chi connectivity index (χ0) is 16.9. The number of benzene rings is 1. The fourth-order valence-corrected chi connectivity index (χ4v) is 3.45. The molecule has 0 bridgehead atoms. The van der Waals surface area contributed by atoms with Crippen LogP contribution in [-0.4, -0.2) is 58.5 Å². The Balaban J connectivity index is 0.00000288. The van der Waals surface area contributed by atoms with Crippen LogP contribution < -0.4 is 10.6 Å². The molecule has 0 radical (unpaired) electrons. The van der Waals surface area contributed by atoms with E-state index in [1.807, 2.05) is 0 Å². The summed E-state index contributed by atoms with van der Waals surface area (Å²) in [6, 6.07) is 6.69. The summed E-state index contributed by atoms with van der Waals surface area (Å²) in [4.78, 5) is 12.2. The summed E-state index contributed by atoms with van der Waals surface area (Å²) in [5, 5.41) is 5.99. The summed E-state index contributed by atoms with van der Waals surface area (Å²) in [6.07, 6.45) is 0.308. The summed E-state index contributed by atoms with van der Waals surface area (Å²) >= 11 is 0. The van der Waals surface area contributed by atoms with Gasteiger partial charge in [-0.15, -0.1) is 12.4 Å². The zero-order valence-corrected chi connectivity index (χ0v) is 15.5. The molecule has 1 aliphatic rings. The van der Waals surface area contributed by atoms with E-state index in [9.17, 15) is 13.2 Å². The summed E-state index contributed by atoms with van der Waals surface area (Å²) in [5.74, 6) is -0.134. The molecule has 0 saturated carbocycles. The number of halogens is 1. The van der Waals surface area contributed by atoms with E-state index in [2.05, 4.69) is 10.6 Å². The van der Waals surface area contributed by atoms with Gasteiger partial charge in [-0.25, -0.2) is 12.7 Å². The van der Waals surface area contributed by atoms with Gasteiger partial charge in [-0.1, -0.05) is 18.2 Å². The standard InChI is InChI=1S/C15H23N3O4S.ClH/c1-18(2)23(20,21)14-6-4-3-5-12(14)10-17-15(19)9-13-11-22-8-7-16-13;/h3-6,13,16H,7-11H2,1-2H3,(H,17,19);1H. The first-order chi connectivity index (χ1) is 10.9. The average molecular weight is 378 g/mol. The first-order valence-electron chi connectivity index (χ1n) is 7.49. The van der Waals surface area contributed by atoms with Crippen molar-refractivity contribution >= 4 is 28.3 Å². The number of nitrogens with one attached hydrogen (secondary N) is 2. The molecule has 7 nitrogen and oxygen atoms in total. The van der Waals surface area contributed by atoms with Gasteiger partial charge in [-0.3, -0.25) is 4.79 Å². The van der Waals surface area contributed by atoms with E-state index >= 15 is 0 Å². The monoisotopic (exact) mass is 377 g/mol. The molecular weight excluding hydrogens is 354 g/mol. The van der Waals surface area contributed by atoms with Crippen LogP contribution in [0.1, 0.15) is 12.0 Å². The number of nitrogens with zero attached hydrogens (tertiary/aromatic N) is 1. The molecule has 1 aliphatic heterocycles. The van der Waals surface area contributed by atoms with Crippen molar-refractivity contribution in [1.29, 1.82) is 0 Å². The fourth-order valence-electron chi connectivity index (χ4n) is 2.34. The molecule has 1 aromatic carbocycles. The van der Waals surface area contributed by atoms with Crippen LogP contribution in [0.5, 0.6) is 0 Å². The number of carbonyl (C=O) groups is 1. The van der Waals surface area contributed by atoms with E-state index in [0.29, 0.717) is 25.2 Å². The lowest BCUT2D eigenvalue weighted by molar-refractivity contribution is -0.122. The van der Waals surface area contributed by atoms with E-state index in [0.717, 1.165) is 10.8 Å². The van der Waals surface area contributed by atoms with E-state index in [1.165, 1.54) is 14.1 Å². The average Bonchev–Trinajstić information content (AvgIpc) is 2.54. The minimum absolute atomic E-state index is 0. The highest BCUT2D eigenvalue weighted by atomic mass is 35.5. The maximum absolute atomic E-state index is 12.3. The Kier molecular flexibility index (Phi) is 8.11. The van der Waals surface area contributed by atoms with Crippen molar-refractivity contribution in [3.8, 4) is 0 Å². The van der Waals surface area contributed by atoms with Crippen LogP contribution in [0.15, 0.2) is 29.2 Å². The minimum atomic E-state index is -3.53. The summed E-state index contributed by atoms with van der Waals surface area (Å²) in [7, 11) is -0.562. The number of amides is 1. The van der Waals surface area contributed by atoms with E-state index in [1.54, 1.807) is 24.3 Å². The second-order valence-electron chi connectivity index (χ2n) is 5.60. The lowest BCUT2D eigenvalue weighted by atomic mass is 10.2. The predicted octanol–water partition coefficient (Wildman–Crippen LogP) is 0.353. The fraction of sp³-hybridized carbons (Fsp3) is 0.533. The molecule has 1 atom stereocenters. The Morgan fingerprint density at radius 3 is 2.71 bits per heavy atom. The number of ether oxygens (including phenoxy) is 1. The minimum Gasteiger partial charge on any atom is -0.378 e. The van der Waals surface area contributed by atoms with Crippen molar-refractivity contribution in [2.45, 2.75) is 23.9 Å². The Bertz CT molecular complexity index is 646. The molecule has 2 rings (SSSR count). The summed E-state index contributed by atoms with van der Waals surface area (Å²) in [6.45, 7) is 2.09. The second kappa shape index (κ2) is 9.33. The lowest BCUT2D eigenvalue weighted by Crippen LogP contribution is -2.44. The van der Waals surface area contributed by atoms with Gasteiger partial charge in [0.25, 0.3) is 0 Å².